The molecule has 154 valence electrons. The van der Waals surface area contributed by atoms with Crippen LogP contribution in [0.1, 0.15) is 44.1 Å². The zero-order valence-electron chi connectivity index (χ0n) is 17.2. The molecule has 0 bridgehead atoms. The quantitative estimate of drug-likeness (QED) is 0.844. The Bertz CT molecular complexity index is 676. The molecule has 1 N–H and O–H groups in total. The number of nitrogens with zero attached hydrogens (tertiary/aromatic N) is 2. The van der Waals surface area contributed by atoms with Gasteiger partial charge in [0.05, 0.1) is 19.3 Å². The molecule has 2 aliphatic heterocycles. The van der Waals surface area contributed by atoms with Gasteiger partial charge in [-0.2, -0.15) is 0 Å². The maximum Gasteiger partial charge on any atom is 0.238 e. The number of carbonyl (C=O) groups is 2. The number of anilines is 1. The van der Waals surface area contributed by atoms with E-state index < -0.39 is 0 Å². The summed E-state index contributed by atoms with van der Waals surface area (Å²) in [6, 6.07) is 5.74. The van der Waals surface area contributed by atoms with E-state index in [-0.39, 0.29) is 11.8 Å². The first-order valence-electron chi connectivity index (χ1n) is 10.5. The molecule has 0 unspecified atom stereocenters. The third-order valence-corrected chi connectivity index (χ3v) is 5.85. The fourth-order valence-electron chi connectivity index (χ4n) is 4.20. The van der Waals surface area contributed by atoms with Gasteiger partial charge in [-0.05, 0) is 63.4 Å². The predicted octanol–water partition coefficient (Wildman–Crippen LogP) is 3.06. The Kier molecular flexibility index (Phi) is 7.31. The first kappa shape index (κ1) is 20.6. The van der Waals surface area contributed by atoms with Crippen molar-refractivity contribution in [2.45, 2.75) is 45.4 Å². The molecule has 6 nitrogen and oxygen atoms in total. The van der Waals surface area contributed by atoms with Gasteiger partial charge in [-0.25, -0.2) is 0 Å². The van der Waals surface area contributed by atoms with Crippen LogP contribution in [0.3, 0.4) is 0 Å². The second-order valence-electron chi connectivity index (χ2n) is 8.04. The van der Waals surface area contributed by atoms with Gasteiger partial charge in [0.25, 0.3) is 0 Å². The maximum absolute atomic E-state index is 12.8. The second-order valence-corrected chi connectivity index (χ2v) is 8.04. The van der Waals surface area contributed by atoms with E-state index in [4.69, 9.17) is 4.74 Å². The Labute approximate surface area is 168 Å². The van der Waals surface area contributed by atoms with Crippen molar-refractivity contribution in [1.82, 2.24) is 9.80 Å². The van der Waals surface area contributed by atoms with E-state index in [1.165, 1.54) is 12.8 Å². The molecule has 28 heavy (non-hydrogen) atoms. The molecule has 2 fully saturated rings. The number of amides is 2. The molecular formula is C22H33N3O3. The summed E-state index contributed by atoms with van der Waals surface area (Å²) in [5.74, 6) is 1.08. The minimum Gasteiger partial charge on any atom is -0.495 e. The molecule has 2 amide bonds. The molecule has 6 heteroatoms. The Morgan fingerprint density at radius 2 is 1.75 bits per heavy atom. The van der Waals surface area contributed by atoms with Crippen LogP contribution in [0.5, 0.6) is 5.75 Å². The van der Waals surface area contributed by atoms with E-state index >= 15 is 0 Å². The van der Waals surface area contributed by atoms with Gasteiger partial charge in [0.15, 0.2) is 0 Å². The summed E-state index contributed by atoms with van der Waals surface area (Å²) in [4.78, 5) is 29.5. The minimum atomic E-state index is -0.0406. The monoisotopic (exact) mass is 387 g/mol. The number of aryl methyl sites for hydroxylation is 1. The number of piperidine rings is 1. The van der Waals surface area contributed by atoms with Crippen molar-refractivity contribution in [1.29, 1.82) is 0 Å². The summed E-state index contributed by atoms with van der Waals surface area (Å²) < 4.78 is 5.33. The predicted molar refractivity (Wildman–Crippen MR) is 111 cm³/mol. The van der Waals surface area contributed by atoms with Gasteiger partial charge in [0.2, 0.25) is 11.8 Å². The summed E-state index contributed by atoms with van der Waals surface area (Å²) in [5.41, 5.74) is 1.78. The van der Waals surface area contributed by atoms with E-state index in [2.05, 4.69) is 15.1 Å². The Morgan fingerprint density at radius 1 is 1.07 bits per heavy atom. The van der Waals surface area contributed by atoms with Crippen molar-refractivity contribution < 1.29 is 14.3 Å². The SMILES string of the molecule is COc1ccc(C)cc1NC(=O)CN1CCC(C(=O)N2CCCCCC2)CC1. The van der Waals surface area contributed by atoms with Crippen LogP contribution in [-0.2, 0) is 9.59 Å². The average Bonchev–Trinajstić information content (AvgIpc) is 2.98. The molecule has 0 atom stereocenters. The first-order chi connectivity index (χ1) is 13.6. The van der Waals surface area contributed by atoms with E-state index in [1.807, 2.05) is 25.1 Å². The lowest BCUT2D eigenvalue weighted by molar-refractivity contribution is -0.137. The summed E-state index contributed by atoms with van der Waals surface area (Å²) in [6.45, 7) is 5.76. The molecule has 2 heterocycles. The third kappa shape index (κ3) is 5.47. The molecule has 2 saturated heterocycles. The second kappa shape index (κ2) is 9.92. The van der Waals surface area contributed by atoms with Crippen molar-refractivity contribution in [2.75, 3.05) is 45.2 Å². The molecule has 0 spiro atoms. The van der Waals surface area contributed by atoms with Crippen LogP contribution in [0.2, 0.25) is 0 Å². The highest BCUT2D eigenvalue weighted by Crippen LogP contribution is 2.26. The fraction of sp³-hybridized carbons (Fsp3) is 0.636. The fourth-order valence-corrected chi connectivity index (χ4v) is 4.20. The molecule has 1 aromatic rings. The lowest BCUT2D eigenvalue weighted by Gasteiger charge is -2.33. The van der Waals surface area contributed by atoms with Crippen LogP contribution < -0.4 is 10.1 Å². The van der Waals surface area contributed by atoms with Gasteiger partial charge < -0.3 is 15.0 Å². The normalized spacial score (nSPS) is 19.1. The molecule has 1 aromatic carbocycles. The van der Waals surface area contributed by atoms with Crippen LogP contribution in [0.4, 0.5) is 5.69 Å². The largest absolute Gasteiger partial charge is 0.495 e. The summed E-state index contributed by atoms with van der Waals surface area (Å²) in [6.07, 6.45) is 6.43. The maximum atomic E-state index is 12.8. The van der Waals surface area contributed by atoms with E-state index in [0.717, 1.165) is 57.4 Å². The van der Waals surface area contributed by atoms with Crippen LogP contribution in [-0.4, -0.2) is 61.4 Å². The number of rotatable bonds is 5. The topological polar surface area (TPSA) is 61.9 Å². The van der Waals surface area contributed by atoms with Crippen molar-refractivity contribution in [2.24, 2.45) is 5.92 Å². The standard InChI is InChI=1S/C22H33N3O3/c1-17-7-8-20(28-2)19(15-17)23-21(26)16-24-13-9-18(10-14-24)22(27)25-11-5-3-4-6-12-25/h7-8,15,18H,3-6,9-14,16H2,1-2H3,(H,23,26). The molecule has 3 rings (SSSR count). The van der Waals surface area contributed by atoms with Gasteiger partial charge in [-0.1, -0.05) is 18.9 Å². The summed E-state index contributed by atoms with van der Waals surface area (Å²) >= 11 is 0. The summed E-state index contributed by atoms with van der Waals surface area (Å²) in [7, 11) is 1.60. The van der Waals surface area contributed by atoms with Gasteiger partial charge in [0, 0.05) is 19.0 Å². The third-order valence-electron chi connectivity index (χ3n) is 5.85. The van der Waals surface area contributed by atoms with Crippen LogP contribution in [0, 0.1) is 12.8 Å². The number of likely N-dealkylation sites (tertiary alicyclic amines) is 2. The van der Waals surface area contributed by atoms with Gasteiger partial charge >= 0.3 is 0 Å². The van der Waals surface area contributed by atoms with E-state index in [1.54, 1.807) is 7.11 Å². The smallest absolute Gasteiger partial charge is 0.238 e. The lowest BCUT2D eigenvalue weighted by Crippen LogP contribution is -2.44. The van der Waals surface area contributed by atoms with Gasteiger partial charge in [-0.15, -0.1) is 0 Å². The Morgan fingerprint density at radius 3 is 2.39 bits per heavy atom. The molecule has 0 aliphatic carbocycles. The molecule has 0 saturated carbocycles. The minimum absolute atomic E-state index is 0.0406. The van der Waals surface area contributed by atoms with Gasteiger partial charge in [-0.3, -0.25) is 14.5 Å². The first-order valence-corrected chi connectivity index (χ1v) is 10.5. The molecular weight excluding hydrogens is 354 g/mol. The Hall–Kier alpha value is -2.08. The van der Waals surface area contributed by atoms with Crippen molar-refractivity contribution in [3.63, 3.8) is 0 Å². The molecule has 2 aliphatic rings. The van der Waals surface area contributed by atoms with Crippen molar-refractivity contribution in [3.05, 3.63) is 23.8 Å². The molecule has 0 radical (unpaired) electrons. The van der Waals surface area contributed by atoms with Crippen molar-refractivity contribution >= 4 is 17.5 Å². The number of ether oxygens (including phenoxy) is 1. The highest BCUT2D eigenvalue weighted by Gasteiger charge is 2.29. The zero-order chi connectivity index (χ0) is 19.9. The number of hydrogen-bond acceptors (Lipinski definition) is 4. The highest BCUT2D eigenvalue weighted by molar-refractivity contribution is 5.93. The number of nitrogens with one attached hydrogen (secondary N) is 1. The lowest BCUT2D eigenvalue weighted by atomic mass is 9.95. The Balaban J connectivity index is 1.47. The van der Waals surface area contributed by atoms with Crippen LogP contribution >= 0.6 is 0 Å². The zero-order valence-corrected chi connectivity index (χ0v) is 17.2. The number of carbonyl (C=O) groups excluding carboxylic acids is 2. The van der Waals surface area contributed by atoms with Crippen LogP contribution in [0.25, 0.3) is 0 Å². The number of methoxy groups -OCH3 is 1. The van der Waals surface area contributed by atoms with E-state index in [0.29, 0.717) is 23.9 Å². The van der Waals surface area contributed by atoms with Gasteiger partial charge in [0.1, 0.15) is 5.75 Å². The number of hydrogen-bond donors (Lipinski definition) is 1. The van der Waals surface area contributed by atoms with Crippen LogP contribution in [0.15, 0.2) is 18.2 Å². The highest BCUT2D eigenvalue weighted by atomic mass is 16.5. The summed E-state index contributed by atoms with van der Waals surface area (Å²) in [5, 5.41) is 2.96. The molecule has 0 aromatic heterocycles. The van der Waals surface area contributed by atoms with Crippen molar-refractivity contribution in [3.8, 4) is 5.75 Å². The van der Waals surface area contributed by atoms with E-state index in [9.17, 15) is 9.59 Å². The average molecular weight is 388 g/mol. The number of benzene rings is 1.